The smallest absolute Gasteiger partial charge is 0.387 e. The lowest BCUT2D eigenvalue weighted by atomic mass is 10.2. The van der Waals surface area contributed by atoms with Crippen LogP contribution in [0.15, 0.2) is 42.7 Å². The number of hydrogen-bond donors (Lipinski definition) is 1. The predicted octanol–water partition coefficient (Wildman–Crippen LogP) is 5.20. The molecule has 138 valence electrons. The van der Waals surface area contributed by atoms with Gasteiger partial charge in [0.2, 0.25) is 0 Å². The summed E-state index contributed by atoms with van der Waals surface area (Å²) in [6.07, 6.45) is 2.65. The summed E-state index contributed by atoms with van der Waals surface area (Å²) in [4.78, 5) is 16.2. The highest BCUT2D eigenvalue weighted by atomic mass is 35.5. The molecule has 0 aliphatic carbocycles. The second-order valence-corrected chi connectivity index (χ2v) is 6.03. The zero-order chi connectivity index (χ0) is 19.3. The average Bonchev–Trinajstić information content (AvgIpc) is 2.56. The van der Waals surface area contributed by atoms with Gasteiger partial charge in [-0.2, -0.15) is 8.78 Å². The first-order valence-electron chi connectivity index (χ1n) is 7.24. The van der Waals surface area contributed by atoms with E-state index in [0.29, 0.717) is 5.57 Å². The number of nitrogens with one attached hydrogen (secondary N) is 1. The van der Waals surface area contributed by atoms with Crippen LogP contribution >= 0.6 is 23.2 Å². The van der Waals surface area contributed by atoms with Crippen molar-refractivity contribution in [2.75, 3.05) is 11.9 Å². The van der Waals surface area contributed by atoms with Crippen molar-refractivity contribution in [1.82, 2.24) is 4.98 Å². The van der Waals surface area contributed by atoms with Gasteiger partial charge in [-0.1, -0.05) is 29.8 Å². The maximum absolute atomic E-state index is 12.5. The summed E-state index contributed by atoms with van der Waals surface area (Å²) >= 11 is 11.9. The predicted molar refractivity (Wildman–Crippen MR) is 95.6 cm³/mol. The van der Waals surface area contributed by atoms with Gasteiger partial charge >= 0.3 is 6.61 Å². The molecule has 1 amide bonds. The minimum absolute atomic E-state index is 0.0205. The number of ether oxygens (including phenoxy) is 2. The molecule has 1 heterocycles. The van der Waals surface area contributed by atoms with Gasteiger partial charge in [0.1, 0.15) is 6.61 Å². The van der Waals surface area contributed by atoms with E-state index in [1.807, 2.05) is 0 Å². The maximum Gasteiger partial charge on any atom is 0.387 e. The van der Waals surface area contributed by atoms with Crippen LogP contribution in [-0.2, 0) is 0 Å². The Labute approximate surface area is 158 Å². The van der Waals surface area contributed by atoms with Crippen LogP contribution in [0.4, 0.5) is 14.5 Å². The Bertz CT molecular complexity index is 811. The Morgan fingerprint density at radius 3 is 2.50 bits per heavy atom. The molecule has 1 aromatic heterocycles. The normalized spacial score (nSPS) is 10.5. The van der Waals surface area contributed by atoms with Crippen molar-refractivity contribution >= 4 is 34.8 Å². The number of rotatable bonds is 7. The third kappa shape index (κ3) is 5.31. The van der Waals surface area contributed by atoms with Crippen LogP contribution in [0, 0.1) is 0 Å². The quantitative estimate of drug-likeness (QED) is 0.646. The van der Waals surface area contributed by atoms with E-state index in [-0.39, 0.29) is 39.4 Å². The zero-order valence-corrected chi connectivity index (χ0v) is 15.1. The number of carbonyl (C=O) groups is 1. The molecule has 0 atom stereocenters. The fourth-order valence-electron chi connectivity index (χ4n) is 1.87. The van der Waals surface area contributed by atoms with Crippen LogP contribution < -0.4 is 14.8 Å². The van der Waals surface area contributed by atoms with E-state index in [2.05, 4.69) is 21.6 Å². The number of anilines is 1. The van der Waals surface area contributed by atoms with Crippen molar-refractivity contribution in [1.29, 1.82) is 0 Å². The van der Waals surface area contributed by atoms with Crippen LogP contribution in [0.2, 0.25) is 10.0 Å². The van der Waals surface area contributed by atoms with Crippen molar-refractivity contribution in [2.45, 2.75) is 13.5 Å². The van der Waals surface area contributed by atoms with E-state index >= 15 is 0 Å². The molecule has 0 spiro atoms. The molecule has 0 unspecified atom stereocenters. The molecule has 2 aromatic rings. The van der Waals surface area contributed by atoms with Crippen molar-refractivity contribution < 1.29 is 23.0 Å². The molecule has 9 heteroatoms. The van der Waals surface area contributed by atoms with Crippen LogP contribution in [0.1, 0.15) is 17.3 Å². The first kappa shape index (κ1) is 19.9. The van der Waals surface area contributed by atoms with Crippen LogP contribution in [-0.4, -0.2) is 24.1 Å². The van der Waals surface area contributed by atoms with Gasteiger partial charge in [-0.05, 0) is 30.7 Å². The molecule has 0 aliphatic heterocycles. The minimum Gasteiger partial charge on any atom is -0.485 e. The third-order valence-corrected chi connectivity index (χ3v) is 3.56. The van der Waals surface area contributed by atoms with E-state index < -0.39 is 12.5 Å². The molecule has 5 nitrogen and oxygen atoms in total. The van der Waals surface area contributed by atoms with Crippen LogP contribution in [0.3, 0.4) is 0 Å². The lowest BCUT2D eigenvalue weighted by molar-refractivity contribution is -0.0513. The summed E-state index contributed by atoms with van der Waals surface area (Å²) in [6, 6.07) is 3.80. The highest BCUT2D eigenvalue weighted by Gasteiger charge is 2.17. The number of pyridine rings is 1. The Kier molecular flexibility index (Phi) is 6.76. The molecule has 0 radical (unpaired) electrons. The fourth-order valence-corrected chi connectivity index (χ4v) is 2.33. The first-order valence-corrected chi connectivity index (χ1v) is 8.00. The molecule has 0 saturated carbocycles. The average molecular weight is 403 g/mol. The molecule has 1 aromatic carbocycles. The number of aromatic nitrogens is 1. The lowest BCUT2D eigenvalue weighted by Crippen LogP contribution is -2.14. The largest absolute Gasteiger partial charge is 0.485 e. The summed E-state index contributed by atoms with van der Waals surface area (Å²) in [5.41, 5.74) is 0.983. The van der Waals surface area contributed by atoms with Crippen LogP contribution in [0.5, 0.6) is 11.5 Å². The molecule has 0 fully saturated rings. The van der Waals surface area contributed by atoms with Crippen molar-refractivity contribution in [3.8, 4) is 11.5 Å². The molecule has 2 rings (SSSR count). The number of hydrogen-bond acceptors (Lipinski definition) is 4. The second-order valence-electron chi connectivity index (χ2n) is 5.22. The number of benzene rings is 1. The van der Waals surface area contributed by atoms with Gasteiger partial charge in [0, 0.05) is 18.0 Å². The lowest BCUT2D eigenvalue weighted by Gasteiger charge is -2.14. The van der Waals surface area contributed by atoms with Gasteiger partial charge in [-0.15, -0.1) is 0 Å². The molecule has 1 N–H and O–H groups in total. The number of halogens is 4. The highest BCUT2D eigenvalue weighted by molar-refractivity contribution is 6.39. The monoisotopic (exact) mass is 402 g/mol. The Hall–Kier alpha value is -2.38. The highest BCUT2D eigenvalue weighted by Crippen LogP contribution is 2.32. The fraction of sp³-hybridized carbons (Fsp3) is 0.176. The van der Waals surface area contributed by atoms with Crippen molar-refractivity contribution in [2.24, 2.45) is 0 Å². The summed E-state index contributed by atoms with van der Waals surface area (Å²) in [5.74, 6) is -0.783. The van der Waals surface area contributed by atoms with Gasteiger partial charge in [-0.3, -0.25) is 9.78 Å². The molecular weight excluding hydrogens is 389 g/mol. The summed E-state index contributed by atoms with van der Waals surface area (Å²) in [6.45, 7) is 2.42. The molecule has 0 aliphatic rings. The SMILES string of the molecule is C=C(C)COc1cc(C(=O)Nc2c(Cl)cncc2Cl)ccc1OC(F)F. The third-order valence-electron chi connectivity index (χ3n) is 2.99. The van der Waals surface area contributed by atoms with E-state index in [1.54, 1.807) is 6.92 Å². The first-order chi connectivity index (χ1) is 12.3. The number of alkyl halides is 2. The summed E-state index contributed by atoms with van der Waals surface area (Å²) in [7, 11) is 0. The van der Waals surface area contributed by atoms with Crippen LogP contribution in [0.25, 0.3) is 0 Å². The number of nitrogens with zero attached hydrogens (tertiary/aromatic N) is 1. The molecular formula is C17H14Cl2F2N2O3. The molecule has 0 bridgehead atoms. The Morgan fingerprint density at radius 2 is 1.92 bits per heavy atom. The van der Waals surface area contributed by atoms with E-state index in [1.165, 1.54) is 30.6 Å². The molecule has 0 saturated heterocycles. The van der Waals surface area contributed by atoms with E-state index in [9.17, 15) is 13.6 Å². The van der Waals surface area contributed by atoms with Gasteiger partial charge in [0.25, 0.3) is 5.91 Å². The Balaban J connectivity index is 2.29. The Morgan fingerprint density at radius 1 is 1.27 bits per heavy atom. The topological polar surface area (TPSA) is 60.5 Å². The van der Waals surface area contributed by atoms with Crippen molar-refractivity contribution in [3.05, 3.63) is 58.4 Å². The number of amides is 1. The van der Waals surface area contributed by atoms with E-state index in [4.69, 9.17) is 27.9 Å². The summed E-state index contributed by atoms with van der Waals surface area (Å²) in [5, 5.41) is 2.85. The van der Waals surface area contributed by atoms with Gasteiger partial charge in [-0.25, -0.2) is 0 Å². The molecule has 26 heavy (non-hydrogen) atoms. The van der Waals surface area contributed by atoms with E-state index in [0.717, 1.165) is 0 Å². The maximum atomic E-state index is 12.5. The second kappa shape index (κ2) is 8.82. The minimum atomic E-state index is -3.03. The van der Waals surface area contributed by atoms with Crippen molar-refractivity contribution in [3.63, 3.8) is 0 Å². The van der Waals surface area contributed by atoms with Gasteiger partial charge < -0.3 is 14.8 Å². The number of carbonyl (C=O) groups excluding carboxylic acids is 1. The van der Waals surface area contributed by atoms with Gasteiger partial charge in [0.15, 0.2) is 11.5 Å². The zero-order valence-electron chi connectivity index (χ0n) is 13.6. The van der Waals surface area contributed by atoms with Gasteiger partial charge in [0.05, 0.1) is 15.7 Å². The standard InChI is InChI=1S/C17H14Cl2F2N2O3/c1-9(2)8-25-14-5-10(3-4-13(14)26-17(20)21)16(24)23-15-11(18)6-22-7-12(15)19/h3-7,17H,1,8H2,2H3,(H,22,23,24). The summed E-state index contributed by atoms with van der Waals surface area (Å²) < 4.78 is 34.8.